The van der Waals surface area contributed by atoms with E-state index in [0.29, 0.717) is 38.0 Å². The molecule has 3 N–H and O–H groups in total. The van der Waals surface area contributed by atoms with Gasteiger partial charge in [0.2, 0.25) is 0 Å². The average Bonchev–Trinajstić information content (AvgIpc) is 2.91. The minimum Gasteiger partial charge on any atom is -0.482 e. The van der Waals surface area contributed by atoms with Crippen LogP contribution < -0.4 is 20.1 Å². The normalized spacial score (nSPS) is 18.1. The molecule has 2 aliphatic rings. The maximum atomic E-state index is 13.7. The maximum absolute atomic E-state index is 13.7. The molecule has 4 rings (SSSR count). The quantitative estimate of drug-likeness (QED) is 0.462. The Morgan fingerprint density at radius 2 is 1.85 bits per heavy atom. The molecule has 2 aromatic carbocycles. The lowest BCUT2D eigenvalue weighted by Gasteiger charge is -2.42. The molecule has 1 unspecified atom stereocenters. The van der Waals surface area contributed by atoms with E-state index in [9.17, 15) is 18.8 Å². The predicted molar refractivity (Wildman–Crippen MR) is 151 cm³/mol. The third-order valence-corrected chi connectivity index (χ3v) is 7.32. The number of likely N-dealkylation sites (tertiary alicyclic amines) is 1. The van der Waals surface area contributed by atoms with Crippen LogP contribution in [0.4, 0.5) is 14.9 Å². The minimum atomic E-state index is -1.05. The average molecular weight is 589 g/mol. The summed E-state index contributed by atoms with van der Waals surface area (Å²) in [5.74, 6) is -1.07. The highest BCUT2D eigenvalue weighted by atomic mass is 35.5. The van der Waals surface area contributed by atoms with E-state index in [1.54, 1.807) is 37.8 Å². The number of amides is 3. The van der Waals surface area contributed by atoms with E-state index in [4.69, 9.17) is 37.0 Å². The Morgan fingerprint density at radius 3 is 2.44 bits per heavy atom. The van der Waals surface area contributed by atoms with Crippen molar-refractivity contribution in [1.82, 2.24) is 4.90 Å². The topological polar surface area (TPSA) is 135 Å². The molecule has 1 fully saturated rings. The molecule has 0 aliphatic carbocycles. The monoisotopic (exact) mass is 588 g/mol. The van der Waals surface area contributed by atoms with Crippen LogP contribution in [0.25, 0.3) is 0 Å². The summed E-state index contributed by atoms with van der Waals surface area (Å²) in [6.45, 7) is 5.43. The fourth-order valence-corrected chi connectivity index (χ4v) is 5.13. The van der Waals surface area contributed by atoms with Gasteiger partial charge in [-0.2, -0.15) is 0 Å². The number of hydrogen-bond donors (Lipinski definition) is 2. The number of ether oxygens (including phenoxy) is 3. The lowest BCUT2D eigenvalue weighted by Crippen LogP contribution is -2.55. The molecule has 3 amide bonds. The van der Waals surface area contributed by atoms with Crippen molar-refractivity contribution >= 4 is 41.4 Å². The number of carbonyl (C=O) groups excluding carboxylic acids is 3. The van der Waals surface area contributed by atoms with Crippen LogP contribution in [-0.4, -0.2) is 67.0 Å². The molecule has 2 aliphatic heterocycles. The van der Waals surface area contributed by atoms with Crippen LogP contribution in [0.3, 0.4) is 0 Å². The first-order valence-electron chi connectivity index (χ1n) is 13.3. The molecule has 0 bridgehead atoms. The first-order chi connectivity index (χ1) is 19.3. The van der Waals surface area contributed by atoms with Gasteiger partial charge in [-0.05, 0) is 63.8 Å². The van der Waals surface area contributed by atoms with Crippen LogP contribution in [-0.2, 0) is 20.7 Å². The molecule has 0 saturated carbocycles. The SMILES string of the molecule is CC(C)(C)OC(=O)N1CC(C(=O)N2CCC(C=N)(Cc3ccc(F)cc3)CC2)Oc2cc(OCC(N)=O)c(Cl)cc21. The first kappa shape index (κ1) is 30.1. The van der Waals surface area contributed by atoms with Crippen molar-refractivity contribution in [3.63, 3.8) is 0 Å². The van der Waals surface area contributed by atoms with Crippen LogP contribution >= 0.6 is 11.6 Å². The number of nitrogens with one attached hydrogen (secondary N) is 1. The van der Waals surface area contributed by atoms with Crippen LogP contribution in [0.2, 0.25) is 5.02 Å². The third kappa shape index (κ3) is 7.27. The Kier molecular flexibility index (Phi) is 8.77. The summed E-state index contributed by atoms with van der Waals surface area (Å²) >= 11 is 6.35. The number of piperidine rings is 1. The second kappa shape index (κ2) is 11.9. The van der Waals surface area contributed by atoms with Crippen molar-refractivity contribution in [1.29, 1.82) is 5.41 Å². The van der Waals surface area contributed by atoms with E-state index in [0.717, 1.165) is 5.56 Å². The fourth-order valence-electron chi connectivity index (χ4n) is 4.92. The standard InChI is InChI=1S/C29H34ClFN4O6/c1-28(2,3)41-27(38)35-15-24(40-23-13-22(39-16-25(33)36)20(30)12-21(23)35)26(37)34-10-8-29(17-32,9-11-34)14-18-4-6-19(31)7-5-18/h4-7,12-13,17,24,32H,8-11,14-16H2,1-3H3,(H2,33,36). The highest BCUT2D eigenvalue weighted by Crippen LogP contribution is 2.42. The van der Waals surface area contributed by atoms with Crippen molar-refractivity contribution in [3.05, 3.63) is 52.8 Å². The Hall–Kier alpha value is -3.86. The lowest BCUT2D eigenvalue weighted by atomic mass is 9.74. The zero-order chi connectivity index (χ0) is 29.9. The molecule has 220 valence electrons. The number of nitrogens with zero attached hydrogens (tertiary/aromatic N) is 2. The predicted octanol–water partition coefficient (Wildman–Crippen LogP) is 4.35. The maximum Gasteiger partial charge on any atom is 0.415 e. The van der Waals surface area contributed by atoms with E-state index in [1.807, 2.05) is 0 Å². The molecule has 10 nitrogen and oxygen atoms in total. The van der Waals surface area contributed by atoms with E-state index in [2.05, 4.69) is 0 Å². The summed E-state index contributed by atoms with van der Waals surface area (Å²) in [6.07, 6.45) is 1.34. The van der Waals surface area contributed by atoms with Gasteiger partial charge in [0.15, 0.2) is 12.7 Å². The highest BCUT2D eigenvalue weighted by molar-refractivity contribution is 6.32. The summed E-state index contributed by atoms with van der Waals surface area (Å²) in [6, 6.07) is 9.09. The Bertz CT molecular complexity index is 1320. The summed E-state index contributed by atoms with van der Waals surface area (Å²) < 4.78 is 30.4. The van der Waals surface area contributed by atoms with Gasteiger partial charge in [-0.1, -0.05) is 23.7 Å². The van der Waals surface area contributed by atoms with Gasteiger partial charge >= 0.3 is 6.09 Å². The Labute approximate surface area is 243 Å². The Morgan fingerprint density at radius 1 is 1.20 bits per heavy atom. The molecule has 0 spiro atoms. The van der Waals surface area contributed by atoms with Gasteiger partial charge in [0, 0.05) is 30.8 Å². The zero-order valence-corrected chi connectivity index (χ0v) is 24.0. The Balaban J connectivity index is 1.53. The van der Waals surface area contributed by atoms with Crippen molar-refractivity contribution in [2.45, 2.75) is 51.7 Å². The van der Waals surface area contributed by atoms with E-state index < -0.39 is 35.7 Å². The van der Waals surface area contributed by atoms with Crippen LogP contribution in [0.15, 0.2) is 36.4 Å². The molecule has 0 aromatic heterocycles. The second-order valence-corrected chi connectivity index (χ2v) is 11.7. The van der Waals surface area contributed by atoms with Gasteiger partial charge in [0.1, 0.15) is 22.9 Å². The molecule has 41 heavy (non-hydrogen) atoms. The van der Waals surface area contributed by atoms with Gasteiger partial charge < -0.3 is 30.3 Å². The fraction of sp³-hybridized carbons (Fsp3) is 0.448. The van der Waals surface area contributed by atoms with Crippen molar-refractivity contribution in [2.75, 3.05) is 31.1 Å². The number of carbonyl (C=O) groups is 3. The number of rotatable bonds is 7. The van der Waals surface area contributed by atoms with E-state index >= 15 is 0 Å². The van der Waals surface area contributed by atoms with Gasteiger partial charge in [-0.15, -0.1) is 0 Å². The number of halogens is 2. The van der Waals surface area contributed by atoms with Gasteiger partial charge in [0.25, 0.3) is 11.8 Å². The van der Waals surface area contributed by atoms with Crippen molar-refractivity contribution in [2.24, 2.45) is 11.1 Å². The molecule has 1 saturated heterocycles. The number of benzene rings is 2. The number of nitrogens with two attached hydrogens (primary N) is 1. The molecule has 1 atom stereocenters. The molecule has 0 radical (unpaired) electrons. The highest BCUT2D eigenvalue weighted by Gasteiger charge is 2.41. The summed E-state index contributed by atoms with van der Waals surface area (Å²) in [7, 11) is 0. The molecular weight excluding hydrogens is 555 g/mol. The second-order valence-electron chi connectivity index (χ2n) is 11.3. The summed E-state index contributed by atoms with van der Waals surface area (Å²) in [5.41, 5.74) is 5.14. The lowest BCUT2D eigenvalue weighted by molar-refractivity contribution is -0.140. The van der Waals surface area contributed by atoms with E-state index in [1.165, 1.54) is 35.4 Å². The zero-order valence-electron chi connectivity index (χ0n) is 23.2. The van der Waals surface area contributed by atoms with E-state index in [-0.39, 0.29) is 34.8 Å². The van der Waals surface area contributed by atoms with Crippen molar-refractivity contribution < 1.29 is 33.0 Å². The van der Waals surface area contributed by atoms with Crippen LogP contribution in [0.1, 0.15) is 39.2 Å². The number of fused-ring (bicyclic) bond motifs is 1. The first-order valence-corrected chi connectivity index (χ1v) is 13.6. The molecular formula is C29H34ClFN4O6. The molecule has 12 heteroatoms. The molecule has 2 heterocycles. The largest absolute Gasteiger partial charge is 0.482 e. The third-order valence-electron chi connectivity index (χ3n) is 7.03. The minimum absolute atomic E-state index is 0.107. The summed E-state index contributed by atoms with van der Waals surface area (Å²) in [4.78, 5) is 41.1. The smallest absolute Gasteiger partial charge is 0.415 e. The number of hydrogen-bond acceptors (Lipinski definition) is 7. The van der Waals surface area contributed by atoms with Crippen LogP contribution in [0, 0.1) is 16.6 Å². The number of primary amides is 1. The van der Waals surface area contributed by atoms with Crippen molar-refractivity contribution in [3.8, 4) is 11.5 Å². The van der Waals surface area contributed by atoms with Gasteiger partial charge in [-0.25, -0.2) is 9.18 Å². The van der Waals surface area contributed by atoms with Gasteiger partial charge in [-0.3, -0.25) is 14.5 Å². The number of anilines is 1. The summed E-state index contributed by atoms with van der Waals surface area (Å²) in [5, 5.41) is 8.21. The van der Waals surface area contributed by atoms with Crippen LogP contribution in [0.5, 0.6) is 11.5 Å². The molecule has 2 aromatic rings. The van der Waals surface area contributed by atoms with Gasteiger partial charge in [0.05, 0.1) is 17.3 Å².